The van der Waals surface area contributed by atoms with E-state index in [2.05, 4.69) is 15.0 Å². The number of ether oxygens (including phenoxy) is 2. The molecule has 2 aromatic carbocycles. The van der Waals surface area contributed by atoms with Crippen molar-refractivity contribution in [2.24, 2.45) is 17.8 Å². The Morgan fingerprint density at radius 3 is 2.34 bits per heavy atom. The summed E-state index contributed by atoms with van der Waals surface area (Å²) < 4.78 is 47.9. The van der Waals surface area contributed by atoms with Crippen molar-refractivity contribution >= 4 is 11.8 Å². The Bertz CT molecular complexity index is 1110. The summed E-state index contributed by atoms with van der Waals surface area (Å²) in [6.07, 6.45) is -3.36. The average molecular weight is 532 g/mol. The van der Waals surface area contributed by atoms with Gasteiger partial charge in [0.05, 0.1) is 24.1 Å². The number of hydrogen-bond donors (Lipinski definition) is 1. The minimum absolute atomic E-state index is 0.0265. The Labute approximate surface area is 219 Å². The van der Waals surface area contributed by atoms with Gasteiger partial charge in [-0.2, -0.15) is 0 Å². The van der Waals surface area contributed by atoms with Crippen molar-refractivity contribution in [3.05, 3.63) is 65.7 Å². The number of amides is 2. The van der Waals surface area contributed by atoms with Crippen molar-refractivity contribution in [3.8, 4) is 5.75 Å². The monoisotopic (exact) mass is 531 g/mol. The quantitative estimate of drug-likeness (QED) is 0.560. The summed E-state index contributed by atoms with van der Waals surface area (Å²) in [6, 6.07) is 15.3. The number of nitrogens with zero attached hydrogens (tertiary/aromatic N) is 2. The number of likely N-dealkylation sites (tertiary alicyclic amines) is 2. The number of rotatable bonds is 8. The molecular formula is C28H32F3N3O4. The number of halogens is 3. The van der Waals surface area contributed by atoms with Crippen LogP contribution in [0.5, 0.6) is 5.75 Å². The first-order valence-electron chi connectivity index (χ1n) is 13.1. The van der Waals surface area contributed by atoms with E-state index in [0.29, 0.717) is 26.3 Å². The number of hydrogen-bond acceptors (Lipinski definition) is 5. The van der Waals surface area contributed by atoms with Crippen LogP contribution in [-0.4, -0.2) is 73.9 Å². The normalized spacial score (nSPS) is 24.3. The number of alkyl halides is 3. The third-order valence-corrected chi connectivity index (χ3v) is 7.75. The predicted octanol–water partition coefficient (Wildman–Crippen LogP) is 3.87. The molecule has 5 rings (SSSR count). The van der Waals surface area contributed by atoms with Gasteiger partial charge in [-0.05, 0) is 42.4 Å². The Hall–Kier alpha value is -3.11. The molecule has 4 atom stereocenters. The maximum Gasteiger partial charge on any atom is 0.573 e. The first-order chi connectivity index (χ1) is 18.3. The summed E-state index contributed by atoms with van der Waals surface area (Å²) >= 11 is 0. The Morgan fingerprint density at radius 1 is 1.00 bits per heavy atom. The largest absolute Gasteiger partial charge is 0.573 e. The van der Waals surface area contributed by atoms with E-state index < -0.39 is 18.0 Å². The molecule has 0 saturated carbocycles. The van der Waals surface area contributed by atoms with Gasteiger partial charge in [0.15, 0.2) is 0 Å². The predicted molar refractivity (Wildman–Crippen MR) is 133 cm³/mol. The van der Waals surface area contributed by atoms with Gasteiger partial charge < -0.3 is 24.6 Å². The highest BCUT2D eigenvalue weighted by Crippen LogP contribution is 2.34. The van der Waals surface area contributed by atoms with Crippen LogP contribution in [0.2, 0.25) is 0 Å². The first kappa shape index (κ1) is 26.5. The average Bonchev–Trinajstić information content (AvgIpc) is 3.63. The van der Waals surface area contributed by atoms with Gasteiger partial charge in [0.25, 0.3) is 5.91 Å². The van der Waals surface area contributed by atoms with Crippen molar-refractivity contribution in [2.75, 3.05) is 45.9 Å². The smallest absolute Gasteiger partial charge is 0.405 e. The van der Waals surface area contributed by atoms with E-state index in [-0.39, 0.29) is 35.3 Å². The zero-order chi connectivity index (χ0) is 26.7. The Morgan fingerprint density at radius 2 is 1.68 bits per heavy atom. The zero-order valence-corrected chi connectivity index (χ0v) is 21.0. The van der Waals surface area contributed by atoms with Crippen LogP contribution in [0.3, 0.4) is 0 Å². The SMILES string of the molecule is O=C(N[C@@H](CCN1CC2CN(C(=O)c3ccccc3OC(F)(F)F)CC2C1)c1ccccc1)C1CCOC1. The molecule has 1 N–H and O–H groups in total. The lowest BCUT2D eigenvalue weighted by atomic mass is 10.0. The van der Waals surface area contributed by atoms with Gasteiger partial charge >= 0.3 is 6.36 Å². The van der Waals surface area contributed by atoms with E-state index in [1.165, 1.54) is 24.3 Å². The van der Waals surface area contributed by atoms with Gasteiger partial charge in [-0.1, -0.05) is 42.5 Å². The molecule has 0 spiro atoms. The van der Waals surface area contributed by atoms with Crippen LogP contribution in [0.1, 0.15) is 34.8 Å². The highest BCUT2D eigenvalue weighted by molar-refractivity contribution is 5.97. The molecule has 10 heteroatoms. The molecule has 3 saturated heterocycles. The minimum atomic E-state index is -4.86. The minimum Gasteiger partial charge on any atom is -0.405 e. The molecular weight excluding hydrogens is 499 g/mol. The van der Waals surface area contributed by atoms with Gasteiger partial charge in [-0.3, -0.25) is 9.59 Å². The van der Waals surface area contributed by atoms with Crippen molar-refractivity contribution < 1.29 is 32.2 Å². The molecule has 0 radical (unpaired) electrons. The highest BCUT2D eigenvalue weighted by Gasteiger charge is 2.42. The van der Waals surface area contributed by atoms with Crippen LogP contribution in [0.4, 0.5) is 13.2 Å². The summed E-state index contributed by atoms with van der Waals surface area (Å²) in [5, 5.41) is 3.22. The van der Waals surface area contributed by atoms with Crippen LogP contribution >= 0.6 is 0 Å². The maximum absolute atomic E-state index is 13.1. The molecule has 0 aliphatic carbocycles. The van der Waals surface area contributed by atoms with Crippen molar-refractivity contribution in [2.45, 2.75) is 25.2 Å². The van der Waals surface area contributed by atoms with Crippen LogP contribution in [0.15, 0.2) is 54.6 Å². The fraction of sp³-hybridized carbons (Fsp3) is 0.500. The fourth-order valence-corrected chi connectivity index (χ4v) is 5.82. The lowest BCUT2D eigenvalue weighted by Gasteiger charge is -2.26. The number of carbonyl (C=O) groups excluding carboxylic acids is 2. The Balaban J connectivity index is 1.16. The summed E-state index contributed by atoms with van der Waals surface area (Å²) in [5.74, 6) is -0.471. The summed E-state index contributed by atoms with van der Waals surface area (Å²) in [6.45, 7) is 4.49. The van der Waals surface area contributed by atoms with E-state index in [1.807, 2.05) is 30.3 Å². The summed E-state index contributed by atoms with van der Waals surface area (Å²) in [5.41, 5.74) is 0.992. The summed E-state index contributed by atoms with van der Waals surface area (Å²) in [4.78, 5) is 29.9. The number of nitrogens with one attached hydrogen (secondary N) is 1. The maximum atomic E-state index is 13.1. The molecule has 7 nitrogen and oxygen atoms in total. The number of benzene rings is 2. The van der Waals surface area contributed by atoms with Gasteiger partial charge in [0, 0.05) is 39.3 Å². The second-order valence-corrected chi connectivity index (χ2v) is 10.4. The van der Waals surface area contributed by atoms with Gasteiger partial charge in [-0.15, -0.1) is 13.2 Å². The van der Waals surface area contributed by atoms with E-state index in [1.54, 1.807) is 4.90 Å². The number of para-hydroxylation sites is 1. The third-order valence-electron chi connectivity index (χ3n) is 7.75. The lowest BCUT2D eigenvalue weighted by molar-refractivity contribution is -0.274. The molecule has 0 aromatic heterocycles. The van der Waals surface area contributed by atoms with Gasteiger partial charge in [0.1, 0.15) is 5.75 Å². The van der Waals surface area contributed by atoms with Crippen LogP contribution in [-0.2, 0) is 9.53 Å². The van der Waals surface area contributed by atoms with Crippen LogP contribution in [0.25, 0.3) is 0 Å². The van der Waals surface area contributed by atoms with Gasteiger partial charge in [-0.25, -0.2) is 0 Å². The number of carbonyl (C=O) groups is 2. The molecule has 3 heterocycles. The molecule has 38 heavy (non-hydrogen) atoms. The molecule has 3 fully saturated rings. The highest BCUT2D eigenvalue weighted by atomic mass is 19.4. The molecule has 2 amide bonds. The van der Waals surface area contributed by atoms with E-state index in [0.717, 1.165) is 38.0 Å². The van der Waals surface area contributed by atoms with Crippen molar-refractivity contribution in [3.63, 3.8) is 0 Å². The summed E-state index contributed by atoms with van der Waals surface area (Å²) in [7, 11) is 0. The van der Waals surface area contributed by atoms with Crippen LogP contribution < -0.4 is 10.1 Å². The van der Waals surface area contributed by atoms with Crippen molar-refractivity contribution in [1.29, 1.82) is 0 Å². The van der Waals surface area contributed by atoms with E-state index in [9.17, 15) is 22.8 Å². The number of fused-ring (bicyclic) bond motifs is 1. The van der Waals surface area contributed by atoms with Gasteiger partial charge in [0.2, 0.25) is 5.91 Å². The standard InChI is InChI=1S/C28H32F3N3O4/c29-28(30,31)38-25-9-5-4-8-23(25)27(36)34-16-21-14-33(15-22(21)17-34)12-10-24(19-6-2-1-3-7-19)32-26(35)20-11-13-37-18-20/h1-9,20-22,24H,10-18H2,(H,32,35)/t20?,21?,22?,24-/m0/s1. The van der Waals surface area contributed by atoms with Crippen molar-refractivity contribution in [1.82, 2.24) is 15.1 Å². The zero-order valence-electron chi connectivity index (χ0n) is 21.0. The Kier molecular flexibility index (Phi) is 7.90. The second-order valence-electron chi connectivity index (χ2n) is 10.4. The molecule has 0 bridgehead atoms. The lowest BCUT2D eigenvalue weighted by Crippen LogP contribution is -2.37. The fourth-order valence-electron chi connectivity index (χ4n) is 5.82. The topological polar surface area (TPSA) is 71.1 Å². The van der Waals surface area contributed by atoms with E-state index >= 15 is 0 Å². The molecule has 2 aromatic rings. The third kappa shape index (κ3) is 6.30. The molecule has 3 aliphatic rings. The van der Waals surface area contributed by atoms with Crippen LogP contribution in [0, 0.1) is 17.8 Å². The molecule has 204 valence electrons. The first-order valence-corrected chi connectivity index (χ1v) is 13.1. The molecule has 3 unspecified atom stereocenters. The molecule has 3 aliphatic heterocycles. The second kappa shape index (κ2) is 11.3. The van der Waals surface area contributed by atoms with E-state index in [4.69, 9.17) is 4.74 Å².